The van der Waals surface area contributed by atoms with Crippen molar-refractivity contribution in [2.45, 2.75) is 88.1 Å². The normalized spacial score (nSPS) is 21.5. The molecule has 1 aliphatic carbocycles. The maximum absolute atomic E-state index is 12.6. The number of aryl methyl sites for hydroxylation is 1. The van der Waals surface area contributed by atoms with E-state index in [4.69, 9.17) is 0 Å². The summed E-state index contributed by atoms with van der Waals surface area (Å²) in [5.74, 6) is 0.223. The predicted octanol–water partition coefficient (Wildman–Crippen LogP) is 3.63. The molecule has 2 aliphatic rings. The van der Waals surface area contributed by atoms with Gasteiger partial charge in [-0.05, 0) is 62.6 Å². The van der Waals surface area contributed by atoms with E-state index < -0.39 is 10.0 Å². The molecule has 0 aromatic heterocycles. The van der Waals surface area contributed by atoms with Crippen molar-refractivity contribution in [2.75, 3.05) is 6.54 Å². The van der Waals surface area contributed by atoms with E-state index in [9.17, 15) is 13.2 Å². The number of hydrogen-bond acceptors (Lipinski definition) is 3. The fraction of sp³-hybridized carbons (Fsp3) is 0.667. The first-order valence-electron chi connectivity index (χ1n) is 10.4. The molecular weight excluding hydrogens is 360 g/mol. The van der Waals surface area contributed by atoms with Crippen molar-refractivity contribution in [1.29, 1.82) is 0 Å². The molecule has 1 aromatic rings. The largest absolute Gasteiger partial charge is 0.340 e. The van der Waals surface area contributed by atoms with Gasteiger partial charge in [-0.1, -0.05) is 31.9 Å². The van der Waals surface area contributed by atoms with Crippen LogP contribution in [-0.2, 0) is 21.2 Å². The molecule has 1 atom stereocenters. The number of nitrogens with zero attached hydrogens (tertiary/aromatic N) is 1. The molecule has 150 valence electrons. The van der Waals surface area contributed by atoms with Gasteiger partial charge >= 0.3 is 0 Å². The van der Waals surface area contributed by atoms with E-state index in [2.05, 4.69) is 11.6 Å². The summed E-state index contributed by atoms with van der Waals surface area (Å²) < 4.78 is 27.7. The van der Waals surface area contributed by atoms with Gasteiger partial charge in [0.05, 0.1) is 4.90 Å². The maximum atomic E-state index is 12.6. The lowest BCUT2D eigenvalue weighted by Gasteiger charge is -2.35. The summed E-state index contributed by atoms with van der Waals surface area (Å²) >= 11 is 0. The monoisotopic (exact) mass is 392 g/mol. The number of rotatable bonds is 7. The molecule has 1 N–H and O–H groups in total. The van der Waals surface area contributed by atoms with Crippen LogP contribution >= 0.6 is 0 Å². The minimum Gasteiger partial charge on any atom is -0.340 e. The van der Waals surface area contributed by atoms with Gasteiger partial charge in [-0.15, -0.1) is 0 Å². The molecule has 2 fully saturated rings. The Kier molecular flexibility index (Phi) is 6.93. The van der Waals surface area contributed by atoms with Crippen LogP contribution in [0, 0.1) is 0 Å². The van der Waals surface area contributed by atoms with Gasteiger partial charge in [0.1, 0.15) is 0 Å². The van der Waals surface area contributed by atoms with E-state index in [1.165, 1.54) is 6.42 Å². The zero-order valence-corrected chi connectivity index (χ0v) is 17.1. The van der Waals surface area contributed by atoms with Gasteiger partial charge in [-0.2, -0.15) is 0 Å². The average Bonchev–Trinajstić information content (AvgIpc) is 3.18. The summed E-state index contributed by atoms with van der Waals surface area (Å²) in [7, 11) is -3.44. The Bertz CT molecular complexity index is 724. The molecule has 1 amide bonds. The van der Waals surface area contributed by atoms with Crippen LogP contribution in [0.3, 0.4) is 0 Å². The maximum Gasteiger partial charge on any atom is 0.240 e. The van der Waals surface area contributed by atoms with E-state index in [0.717, 1.165) is 57.1 Å². The van der Waals surface area contributed by atoms with Crippen molar-refractivity contribution in [3.63, 3.8) is 0 Å². The molecule has 3 rings (SSSR count). The molecule has 5 nitrogen and oxygen atoms in total. The Morgan fingerprint density at radius 3 is 2.41 bits per heavy atom. The Morgan fingerprint density at radius 1 is 1.07 bits per heavy atom. The highest BCUT2D eigenvalue weighted by Crippen LogP contribution is 2.22. The number of benzene rings is 1. The van der Waals surface area contributed by atoms with E-state index >= 15 is 0 Å². The van der Waals surface area contributed by atoms with Crippen LogP contribution in [0.2, 0.25) is 0 Å². The van der Waals surface area contributed by atoms with Gasteiger partial charge in [0.2, 0.25) is 15.9 Å². The van der Waals surface area contributed by atoms with Gasteiger partial charge in [0.25, 0.3) is 0 Å². The molecule has 0 radical (unpaired) electrons. The van der Waals surface area contributed by atoms with Crippen molar-refractivity contribution < 1.29 is 13.2 Å². The minimum absolute atomic E-state index is 0.0725. The lowest BCUT2D eigenvalue weighted by molar-refractivity contribution is -0.134. The second kappa shape index (κ2) is 9.20. The first-order valence-corrected chi connectivity index (χ1v) is 11.9. The fourth-order valence-corrected chi connectivity index (χ4v) is 5.62. The second-order valence-corrected chi connectivity index (χ2v) is 9.61. The molecule has 6 heteroatoms. The van der Waals surface area contributed by atoms with Crippen molar-refractivity contribution >= 4 is 15.9 Å². The molecule has 1 saturated heterocycles. The lowest BCUT2D eigenvalue weighted by Crippen LogP contribution is -2.43. The minimum atomic E-state index is -3.44. The first kappa shape index (κ1) is 20.3. The predicted molar refractivity (Wildman–Crippen MR) is 107 cm³/mol. The summed E-state index contributed by atoms with van der Waals surface area (Å²) in [5, 5.41) is 0. The highest BCUT2D eigenvalue weighted by molar-refractivity contribution is 7.89. The van der Waals surface area contributed by atoms with Crippen molar-refractivity contribution in [3.8, 4) is 0 Å². The SMILES string of the molecule is CCC1CCCCN1C(=O)CCc1ccc(S(=O)(=O)NC2CCCC2)cc1. The average molecular weight is 393 g/mol. The van der Waals surface area contributed by atoms with E-state index in [0.29, 0.717) is 23.8 Å². The van der Waals surface area contributed by atoms with Gasteiger partial charge < -0.3 is 4.90 Å². The van der Waals surface area contributed by atoms with Crippen molar-refractivity contribution in [3.05, 3.63) is 29.8 Å². The smallest absolute Gasteiger partial charge is 0.240 e. The third-order valence-electron chi connectivity index (χ3n) is 5.96. The Morgan fingerprint density at radius 2 is 1.74 bits per heavy atom. The Balaban J connectivity index is 1.55. The summed E-state index contributed by atoms with van der Waals surface area (Å²) in [5.41, 5.74) is 1.01. The molecule has 1 unspecified atom stereocenters. The van der Waals surface area contributed by atoms with Crippen LogP contribution in [0.15, 0.2) is 29.2 Å². The third-order valence-corrected chi connectivity index (χ3v) is 7.49. The zero-order valence-electron chi connectivity index (χ0n) is 16.3. The summed E-state index contributed by atoms with van der Waals surface area (Å²) in [6.07, 6.45) is 9.63. The molecule has 0 spiro atoms. The fourth-order valence-electron chi connectivity index (χ4n) is 4.31. The highest BCUT2D eigenvalue weighted by Gasteiger charge is 2.25. The lowest BCUT2D eigenvalue weighted by atomic mass is 9.99. The van der Waals surface area contributed by atoms with Crippen molar-refractivity contribution in [2.24, 2.45) is 0 Å². The van der Waals surface area contributed by atoms with Gasteiger partial charge in [-0.3, -0.25) is 4.79 Å². The highest BCUT2D eigenvalue weighted by atomic mass is 32.2. The number of likely N-dealkylation sites (tertiary alicyclic amines) is 1. The summed E-state index contributed by atoms with van der Waals surface area (Å²) in [6.45, 7) is 3.02. The number of carbonyl (C=O) groups excluding carboxylic acids is 1. The van der Waals surface area contributed by atoms with Crippen LogP contribution in [0.1, 0.15) is 70.3 Å². The van der Waals surface area contributed by atoms with Crippen LogP contribution in [0.4, 0.5) is 0 Å². The van der Waals surface area contributed by atoms with Crippen molar-refractivity contribution in [1.82, 2.24) is 9.62 Å². The van der Waals surface area contributed by atoms with Gasteiger partial charge in [0.15, 0.2) is 0 Å². The number of nitrogens with one attached hydrogen (secondary N) is 1. The first-order chi connectivity index (χ1) is 13.0. The van der Waals surface area contributed by atoms with Gasteiger partial charge in [-0.25, -0.2) is 13.1 Å². The third kappa shape index (κ3) is 5.32. The van der Waals surface area contributed by atoms with Crippen LogP contribution in [0.5, 0.6) is 0 Å². The topological polar surface area (TPSA) is 66.5 Å². The standard InChI is InChI=1S/C21H32N2O3S/c1-2-19-9-5-6-16-23(19)21(24)15-12-17-10-13-20(14-11-17)27(25,26)22-18-7-3-4-8-18/h10-11,13-14,18-19,22H,2-9,12,15-16H2,1H3. The summed E-state index contributed by atoms with van der Waals surface area (Å²) in [4.78, 5) is 14.9. The number of hydrogen-bond donors (Lipinski definition) is 1. The molecule has 1 heterocycles. The molecule has 1 aromatic carbocycles. The zero-order chi connectivity index (χ0) is 19.3. The van der Waals surface area contributed by atoms with E-state index in [1.807, 2.05) is 17.0 Å². The van der Waals surface area contributed by atoms with Gasteiger partial charge in [0, 0.05) is 25.0 Å². The quantitative estimate of drug-likeness (QED) is 0.770. The number of piperidine rings is 1. The number of carbonyl (C=O) groups is 1. The molecule has 1 saturated carbocycles. The second-order valence-electron chi connectivity index (χ2n) is 7.89. The van der Waals surface area contributed by atoms with Crippen LogP contribution in [0.25, 0.3) is 0 Å². The number of amides is 1. The van der Waals surface area contributed by atoms with Crippen LogP contribution < -0.4 is 4.72 Å². The molecular formula is C21H32N2O3S. The molecule has 0 bridgehead atoms. The Hall–Kier alpha value is -1.40. The molecule has 1 aliphatic heterocycles. The molecule has 27 heavy (non-hydrogen) atoms. The Labute approximate surface area is 163 Å². The number of sulfonamides is 1. The van der Waals surface area contributed by atoms with E-state index in [1.54, 1.807) is 12.1 Å². The summed E-state index contributed by atoms with van der Waals surface area (Å²) in [6, 6.07) is 7.46. The van der Waals surface area contributed by atoms with E-state index in [-0.39, 0.29) is 11.9 Å². The van der Waals surface area contributed by atoms with Crippen LogP contribution in [-0.4, -0.2) is 37.9 Å².